The number of benzene rings is 1. The standard InChI is InChI=1S/C18H17ClN2O3S2/c1-12-16(21-18(24-12)14-6-2-3-7-15(14)19)10-26(23)11-17(22)20-9-13-5-4-8-25-13/h2-8H,9-11H2,1H3,(H,20,22)/t26-/m1/s1. The molecule has 0 unspecified atom stereocenters. The lowest BCUT2D eigenvalue weighted by Crippen LogP contribution is -2.28. The van der Waals surface area contributed by atoms with Gasteiger partial charge in [-0.3, -0.25) is 9.00 Å². The first-order chi connectivity index (χ1) is 12.5. The number of hydrogen-bond donors (Lipinski definition) is 1. The number of thiophene rings is 1. The van der Waals surface area contributed by atoms with Crippen LogP contribution in [0.1, 0.15) is 16.3 Å². The van der Waals surface area contributed by atoms with Gasteiger partial charge in [-0.15, -0.1) is 11.3 Å². The summed E-state index contributed by atoms with van der Waals surface area (Å²) < 4.78 is 17.9. The molecule has 0 aliphatic heterocycles. The van der Waals surface area contributed by atoms with Gasteiger partial charge in [-0.25, -0.2) is 4.98 Å². The molecule has 2 heterocycles. The number of hydrogen-bond acceptors (Lipinski definition) is 5. The predicted octanol–water partition coefficient (Wildman–Crippen LogP) is 3.93. The highest BCUT2D eigenvalue weighted by atomic mass is 35.5. The molecule has 1 amide bonds. The van der Waals surface area contributed by atoms with E-state index in [4.69, 9.17) is 16.0 Å². The number of nitrogens with zero attached hydrogens (tertiary/aromatic N) is 1. The third-order valence-electron chi connectivity index (χ3n) is 3.63. The Labute approximate surface area is 162 Å². The van der Waals surface area contributed by atoms with Crippen LogP contribution < -0.4 is 5.32 Å². The average Bonchev–Trinajstić information content (AvgIpc) is 3.24. The smallest absolute Gasteiger partial charge is 0.232 e. The number of nitrogens with one attached hydrogen (secondary N) is 1. The van der Waals surface area contributed by atoms with Crippen molar-refractivity contribution in [3.63, 3.8) is 0 Å². The largest absolute Gasteiger partial charge is 0.441 e. The Morgan fingerprint density at radius 1 is 1.31 bits per heavy atom. The van der Waals surface area contributed by atoms with Crippen LogP contribution in [0.2, 0.25) is 5.02 Å². The Hall–Kier alpha value is -1.96. The fraction of sp³-hybridized carbons (Fsp3) is 0.222. The van der Waals surface area contributed by atoms with Gasteiger partial charge in [0.2, 0.25) is 11.8 Å². The molecule has 0 aliphatic carbocycles. The van der Waals surface area contributed by atoms with Gasteiger partial charge in [-0.05, 0) is 30.5 Å². The van der Waals surface area contributed by atoms with Gasteiger partial charge >= 0.3 is 0 Å². The molecule has 26 heavy (non-hydrogen) atoms. The number of amides is 1. The minimum absolute atomic E-state index is 0.0703. The molecule has 3 aromatic rings. The van der Waals surface area contributed by atoms with Gasteiger partial charge in [0.1, 0.15) is 11.5 Å². The molecule has 0 fully saturated rings. The number of aromatic nitrogens is 1. The average molecular weight is 409 g/mol. The molecule has 1 N–H and O–H groups in total. The monoisotopic (exact) mass is 408 g/mol. The zero-order chi connectivity index (χ0) is 18.5. The Kier molecular flexibility index (Phi) is 6.24. The second-order valence-electron chi connectivity index (χ2n) is 5.59. The van der Waals surface area contributed by atoms with E-state index < -0.39 is 10.8 Å². The summed E-state index contributed by atoms with van der Waals surface area (Å²) in [6, 6.07) is 11.1. The maximum absolute atomic E-state index is 12.3. The van der Waals surface area contributed by atoms with Gasteiger partial charge in [-0.1, -0.05) is 29.8 Å². The van der Waals surface area contributed by atoms with Crippen LogP contribution in [0, 0.1) is 6.92 Å². The molecule has 0 radical (unpaired) electrons. The first kappa shape index (κ1) is 18.8. The Morgan fingerprint density at radius 2 is 2.12 bits per heavy atom. The van der Waals surface area contributed by atoms with Crippen molar-refractivity contribution in [2.45, 2.75) is 19.2 Å². The fourth-order valence-electron chi connectivity index (χ4n) is 2.31. The molecule has 0 aliphatic rings. The third-order valence-corrected chi connectivity index (χ3v) is 6.01. The molecular formula is C18H17ClN2O3S2. The third kappa shape index (κ3) is 4.81. The Bertz CT molecular complexity index is 922. The van der Waals surface area contributed by atoms with Crippen molar-refractivity contribution < 1.29 is 13.4 Å². The topological polar surface area (TPSA) is 72.2 Å². The summed E-state index contributed by atoms with van der Waals surface area (Å²) in [5.74, 6) is 0.810. The predicted molar refractivity (Wildman–Crippen MR) is 105 cm³/mol. The van der Waals surface area contributed by atoms with Crippen LogP contribution in [0.25, 0.3) is 11.5 Å². The molecule has 0 spiro atoms. The summed E-state index contributed by atoms with van der Waals surface area (Å²) >= 11 is 7.73. The maximum atomic E-state index is 12.3. The first-order valence-electron chi connectivity index (χ1n) is 7.88. The molecule has 5 nitrogen and oxygen atoms in total. The lowest BCUT2D eigenvalue weighted by molar-refractivity contribution is -0.118. The number of aryl methyl sites for hydroxylation is 1. The van der Waals surface area contributed by atoms with Gasteiger partial charge in [0, 0.05) is 15.7 Å². The van der Waals surface area contributed by atoms with E-state index in [0.717, 1.165) is 4.88 Å². The highest BCUT2D eigenvalue weighted by molar-refractivity contribution is 7.84. The molecule has 2 aromatic heterocycles. The summed E-state index contributed by atoms with van der Waals surface area (Å²) in [7, 11) is -1.37. The zero-order valence-corrected chi connectivity index (χ0v) is 16.4. The summed E-state index contributed by atoms with van der Waals surface area (Å²) in [6.07, 6.45) is 0. The van der Waals surface area contributed by atoms with E-state index in [1.165, 1.54) is 0 Å². The van der Waals surface area contributed by atoms with Crippen LogP contribution in [0.3, 0.4) is 0 Å². The van der Waals surface area contributed by atoms with Gasteiger partial charge in [0.15, 0.2) is 0 Å². The minimum atomic E-state index is -1.37. The van der Waals surface area contributed by atoms with Gasteiger partial charge < -0.3 is 9.73 Å². The van der Waals surface area contributed by atoms with E-state index in [1.54, 1.807) is 24.3 Å². The molecule has 8 heteroatoms. The lowest BCUT2D eigenvalue weighted by atomic mass is 10.2. The summed E-state index contributed by atoms with van der Waals surface area (Å²) in [4.78, 5) is 17.4. The second kappa shape index (κ2) is 8.62. The second-order valence-corrected chi connectivity index (χ2v) is 8.48. The number of rotatable bonds is 7. The van der Waals surface area contributed by atoms with Crippen LogP contribution in [-0.4, -0.2) is 20.9 Å². The zero-order valence-electron chi connectivity index (χ0n) is 14.0. The van der Waals surface area contributed by atoms with E-state index in [-0.39, 0.29) is 17.4 Å². The SMILES string of the molecule is Cc1oc(-c2ccccc2Cl)nc1C[S@@](=O)CC(=O)NCc1cccs1. The van der Waals surface area contributed by atoms with Crippen LogP contribution in [0.4, 0.5) is 0 Å². The highest BCUT2D eigenvalue weighted by Gasteiger charge is 2.17. The number of carbonyl (C=O) groups is 1. The molecule has 0 saturated carbocycles. The normalized spacial score (nSPS) is 12.1. The Morgan fingerprint density at radius 3 is 2.85 bits per heavy atom. The number of oxazole rings is 1. The molecule has 136 valence electrons. The summed E-state index contributed by atoms with van der Waals surface area (Å²) in [5.41, 5.74) is 1.26. The van der Waals surface area contributed by atoms with Crippen LogP contribution >= 0.6 is 22.9 Å². The van der Waals surface area contributed by atoms with Gasteiger partial charge in [-0.2, -0.15) is 0 Å². The van der Waals surface area contributed by atoms with E-state index in [0.29, 0.717) is 34.5 Å². The van der Waals surface area contributed by atoms with Crippen molar-refractivity contribution in [3.05, 3.63) is 63.1 Å². The van der Waals surface area contributed by atoms with Gasteiger partial charge in [0.05, 0.1) is 28.6 Å². The minimum Gasteiger partial charge on any atom is -0.441 e. The fourth-order valence-corrected chi connectivity index (χ4v) is 4.24. The molecule has 0 bridgehead atoms. The summed E-state index contributed by atoms with van der Waals surface area (Å²) in [5, 5.41) is 5.26. The van der Waals surface area contributed by atoms with Crippen molar-refractivity contribution in [2.24, 2.45) is 0 Å². The van der Waals surface area contributed by atoms with Crippen LogP contribution in [-0.2, 0) is 27.9 Å². The van der Waals surface area contributed by atoms with E-state index in [9.17, 15) is 9.00 Å². The van der Waals surface area contributed by atoms with E-state index in [1.807, 2.05) is 35.7 Å². The molecule has 1 atom stereocenters. The van der Waals surface area contributed by atoms with E-state index >= 15 is 0 Å². The van der Waals surface area contributed by atoms with Crippen molar-refractivity contribution in [1.82, 2.24) is 10.3 Å². The first-order valence-corrected chi connectivity index (χ1v) is 10.6. The van der Waals surface area contributed by atoms with Crippen LogP contribution in [0.5, 0.6) is 0 Å². The highest BCUT2D eigenvalue weighted by Crippen LogP contribution is 2.28. The number of carbonyl (C=O) groups excluding carboxylic acids is 1. The van der Waals surface area contributed by atoms with Crippen molar-refractivity contribution >= 4 is 39.6 Å². The molecular weight excluding hydrogens is 392 g/mol. The van der Waals surface area contributed by atoms with E-state index in [2.05, 4.69) is 10.3 Å². The van der Waals surface area contributed by atoms with Crippen LogP contribution in [0.15, 0.2) is 46.2 Å². The molecule has 3 rings (SSSR count). The van der Waals surface area contributed by atoms with Crippen molar-refractivity contribution in [1.29, 1.82) is 0 Å². The van der Waals surface area contributed by atoms with Crippen molar-refractivity contribution in [2.75, 3.05) is 5.75 Å². The molecule has 1 aromatic carbocycles. The Balaban J connectivity index is 1.59. The number of halogens is 1. The van der Waals surface area contributed by atoms with Crippen molar-refractivity contribution in [3.8, 4) is 11.5 Å². The quantitative estimate of drug-likeness (QED) is 0.642. The lowest BCUT2D eigenvalue weighted by Gasteiger charge is -2.03. The molecule has 0 saturated heterocycles. The maximum Gasteiger partial charge on any atom is 0.232 e. The van der Waals surface area contributed by atoms with Gasteiger partial charge in [0.25, 0.3) is 0 Å². The summed E-state index contributed by atoms with van der Waals surface area (Å²) in [6.45, 7) is 2.21.